The maximum atomic E-state index is 4.59. The molecule has 0 aliphatic heterocycles. The fourth-order valence-electron chi connectivity index (χ4n) is 3.07. The Morgan fingerprint density at radius 2 is 1.79 bits per heavy atom. The van der Waals surface area contributed by atoms with Gasteiger partial charge in [-0.15, -0.1) is 11.3 Å². The quantitative estimate of drug-likeness (QED) is 0.432. The first-order valence-electron chi connectivity index (χ1n) is 9.67. The summed E-state index contributed by atoms with van der Waals surface area (Å²) in [5.41, 5.74) is 8.61. The number of benzene rings is 1. The number of nitrogens with zero attached hydrogens (tertiary/aromatic N) is 5. The van der Waals surface area contributed by atoms with Crippen LogP contribution in [0.5, 0.6) is 0 Å². The smallest absolute Gasteiger partial charge is 0.225 e. The number of anilines is 1. The molecule has 0 aliphatic carbocycles. The Labute approximate surface area is 175 Å². The third-order valence-electron chi connectivity index (χ3n) is 4.78. The van der Waals surface area contributed by atoms with Crippen LogP contribution in [-0.2, 0) is 19.4 Å². The van der Waals surface area contributed by atoms with Crippen LogP contribution in [0.15, 0.2) is 66.6 Å². The van der Waals surface area contributed by atoms with E-state index < -0.39 is 0 Å². The predicted octanol–water partition coefficient (Wildman–Crippen LogP) is 4.61. The summed E-state index contributed by atoms with van der Waals surface area (Å²) in [5, 5.41) is 2.04. The van der Waals surface area contributed by atoms with Gasteiger partial charge in [-0.1, -0.05) is 37.3 Å². The average molecular weight is 401 g/mol. The van der Waals surface area contributed by atoms with Gasteiger partial charge in [-0.2, -0.15) is 0 Å². The molecular formula is C23H22N5S. The van der Waals surface area contributed by atoms with E-state index in [0.717, 1.165) is 54.3 Å². The Kier molecular flexibility index (Phi) is 6.22. The van der Waals surface area contributed by atoms with Gasteiger partial charge in [-0.25, -0.2) is 15.0 Å². The highest BCUT2D eigenvalue weighted by Crippen LogP contribution is 2.20. The molecule has 1 radical (unpaired) electrons. The van der Waals surface area contributed by atoms with Gasteiger partial charge in [0.2, 0.25) is 5.95 Å². The number of hydrogen-bond donors (Lipinski definition) is 0. The van der Waals surface area contributed by atoms with E-state index in [9.17, 15) is 0 Å². The molecule has 0 amide bonds. The van der Waals surface area contributed by atoms with Gasteiger partial charge in [0.15, 0.2) is 5.51 Å². The third kappa shape index (κ3) is 5.03. The Hall–Kier alpha value is -3.12. The molecule has 0 N–H and O–H groups in total. The second-order valence-corrected chi connectivity index (χ2v) is 7.44. The summed E-state index contributed by atoms with van der Waals surface area (Å²) < 4.78 is 0. The van der Waals surface area contributed by atoms with Crippen molar-refractivity contribution in [2.45, 2.75) is 26.3 Å². The van der Waals surface area contributed by atoms with Crippen LogP contribution < -0.4 is 4.90 Å². The van der Waals surface area contributed by atoms with Crippen molar-refractivity contribution in [2.24, 2.45) is 0 Å². The number of rotatable bonds is 8. The minimum atomic E-state index is 0.743. The van der Waals surface area contributed by atoms with Gasteiger partial charge in [0.05, 0.1) is 5.69 Å². The number of aromatic nitrogens is 4. The molecule has 0 spiro atoms. The van der Waals surface area contributed by atoms with Crippen molar-refractivity contribution in [3.63, 3.8) is 0 Å². The lowest BCUT2D eigenvalue weighted by Gasteiger charge is -2.22. The summed E-state index contributed by atoms with van der Waals surface area (Å²) >= 11 is 1.50. The number of aryl methyl sites for hydroxylation is 1. The van der Waals surface area contributed by atoms with E-state index in [1.165, 1.54) is 16.9 Å². The SMILES string of the molecule is CCc1cnc(N(CCc2cs[c]n2)Cc2ccc(-c3cccnc3)cc2)nc1. The molecule has 3 heterocycles. The first kappa shape index (κ1) is 19.2. The highest BCUT2D eigenvalue weighted by molar-refractivity contribution is 7.07. The molecule has 29 heavy (non-hydrogen) atoms. The largest absolute Gasteiger partial charge is 0.336 e. The average Bonchev–Trinajstić information content (AvgIpc) is 3.31. The van der Waals surface area contributed by atoms with Gasteiger partial charge in [0, 0.05) is 49.7 Å². The van der Waals surface area contributed by atoms with E-state index >= 15 is 0 Å². The van der Waals surface area contributed by atoms with E-state index in [-0.39, 0.29) is 0 Å². The second kappa shape index (κ2) is 9.39. The van der Waals surface area contributed by atoms with Gasteiger partial charge in [0.1, 0.15) is 0 Å². The molecule has 0 saturated carbocycles. The zero-order valence-corrected chi connectivity index (χ0v) is 17.1. The second-order valence-electron chi connectivity index (χ2n) is 6.79. The molecule has 0 saturated heterocycles. The van der Waals surface area contributed by atoms with Crippen molar-refractivity contribution in [1.29, 1.82) is 0 Å². The van der Waals surface area contributed by atoms with Gasteiger partial charge in [0.25, 0.3) is 0 Å². The molecule has 3 aromatic heterocycles. The summed E-state index contributed by atoms with van der Waals surface area (Å²) in [4.78, 5) is 19.9. The Morgan fingerprint density at radius 1 is 0.966 bits per heavy atom. The Bertz CT molecular complexity index is 1000. The molecule has 0 aliphatic rings. The van der Waals surface area contributed by atoms with Crippen LogP contribution in [0.4, 0.5) is 5.95 Å². The molecule has 4 aromatic rings. The number of thiazole rings is 1. The highest BCUT2D eigenvalue weighted by Gasteiger charge is 2.12. The number of hydrogen-bond acceptors (Lipinski definition) is 6. The van der Waals surface area contributed by atoms with E-state index in [4.69, 9.17) is 0 Å². The van der Waals surface area contributed by atoms with Gasteiger partial charge >= 0.3 is 0 Å². The van der Waals surface area contributed by atoms with Crippen LogP contribution in [0.3, 0.4) is 0 Å². The van der Waals surface area contributed by atoms with Crippen LogP contribution in [0, 0.1) is 5.51 Å². The Balaban J connectivity index is 1.52. The molecule has 4 rings (SSSR count). The van der Waals surface area contributed by atoms with E-state index in [1.807, 2.05) is 30.0 Å². The van der Waals surface area contributed by atoms with E-state index in [2.05, 4.69) is 67.6 Å². The molecule has 1 aromatic carbocycles. The topological polar surface area (TPSA) is 54.8 Å². The summed E-state index contributed by atoms with van der Waals surface area (Å²) in [6.45, 7) is 3.65. The molecule has 0 bridgehead atoms. The maximum Gasteiger partial charge on any atom is 0.225 e. The van der Waals surface area contributed by atoms with E-state index in [0.29, 0.717) is 0 Å². The monoisotopic (exact) mass is 400 g/mol. The summed E-state index contributed by atoms with van der Waals surface area (Å²) in [5.74, 6) is 0.748. The van der Waals surface area contributed by atoms with Crippen LogP contribution in [0.2, 0.25) is 0 Å². The molecule has 5 nitrogen and oxygen atoms in total. The number of pyridine rings is 1. The molecule has 145 valence electrons. The van der Waals surface area contributed by atoms with Crippen molar-refractivity contribution in [1.82, 2.24) is 19.9 Å². The van der Waals surface area contributed by atoms with Crippen LogP contribution in [0.1, 0.15) is 23.7 Å². The van der Waals surface area contributed by atoms with Crippen LogP contribution in [0.25, 0.3) is 11.1 Å². The van der Waals surface area contributed by atoms with Crippen molar-refractivity contribution >= 4 is 17.3 Å². The minimum absolute atomic E-state index is 0.743. The molecule has 6 heteroatoms. The van der Waals surface area contributed by atoms with Crippen molar-refractivity contribution in [3.05, 3.63) is 88.9 Å². The lowest BCUT2D eigenvalue weighted by atomic mass is 10.1. The predicted molar refractivity (Wildman–Crippen MR) is 117 cm³/mol. The van der Waals surface area contributed by atoms with Crippen LogP contribution in [-0.4, -0.2) is 26.5 Å². The highest BCUT2D eigenvalue weighted by atomic mass is 32.1. The summed E-state index contributed by atoms with van der Waals surface area (Å²) in [6, 6.07) is 12.6. The minimum Gasteiger partial charge on any atom is -0.336 e. The fourth-order valence-corrected chi connectivity index (χ4v) is 3.60. The van der Waals surface area contributed by atoms with Crippen molar-refractivity contribution < 1.29 is 0 Å². The summed E-state index contributed by atoms with van der Waals surface area (Å²) in [7, 11) is 0. The van der Waals surface area contributed by atoms with Gasteiger partial charge in [-0.05, 0) is 34.7 Å². The van der Waals surface area contributed by atoms with Gasteiger partial charge < -0.3 is 4.90 Å². The van der Waals surface area contributed by atoms with Crippen molar-refractivity contribution in [3.8, 4) is 11.1 Å². The zero-order chi connectivity index (χ0) is 19.9. The zero-order valence-electron chi connectivity index (χ0n) is 16.3. The van der Waals surface area contributed by atoms with Crippen molar-refractivity contribution in [2.75, 3.05) is 11.4 Å². The summed E-state index contributed by atoms with van der Waals surface area (Å²) in [6.07, 6.45) is 9.28. The fraction of sp³-hybridized carbons (Fsp3) is 0.217. The molecular weight excluding hydrogens is 378 g/mol. The molecule has 0 fully saturated rings. The maximum absolute atomic E-state index is 4.59. The Morgan fingerprint density at radius 3 is 2.45 bits per heavy atom. The lowest BCUT2D eigenvalue weighted by Crippen LogP contribution is -2.27. The lowest BCUT2D eigenvalue weighted by molar-refractivity contribution is 0.742. The first-order chi connectivity index (χ1) is 14.3. The van der Waals surface area contributed by atoms with Crippen LogP contribution >= 0.6 is 11.3 Å². The van der Waals surface area contributed by atoms with Gasteiger partial charge in [-0.3, -0.25) is 4.98 Å². The first-order valence-corrected chi connectivity index (χ1v) is 10.6. The molecule has 0 unspecified atom stereocenters. The standard InChI is InChI=1S/C23H22N5S/c1-2-18-12-25-23(26-13-18)28(11-9-22-16-29-17-27-22)15-19-5-7-20(8-6-19)21-4-3-10-24-14-21/h3-8,10,12-14,16H,2,9,11,15H2,1H3. The third-order valence-corrected chi connectivity index (χ3v) is 5.37. The normalized spacial score (nSPS) is 10.8. The van der Waals surface area contributed by atoms with E-state index in [1.54, 1.807) is 6.20 Å². The molecule has 0 atom stereocenters.